The van der Waals surface area contributed by atoms with Crippen LogP contribution in [0.2, 0.25) is 0 Å². The Morgan fingerprint density at radius 3 is 2.48 bits per heavy atom. The number of para-hydroxylation sites is 2. The number of benzene rings is 1. The van der Waals surface area contributed by atoms with E-state index in [1.807, 2.05) is 30.5 Å². The van der Waals surface area contributed by atoms with Crippen LogP contribution in [0.25, 0.3) is 11.0 Å². The summed E-state index contributed by atoms with van der Waals surface area (Å²) in [5, 5.41) is 0. The third-order valence-corrected chi connectivity index (χ3v) is 6.55. The van der Waals surface area contributed by atoms with E-state index in [0.717, 1.165) is 49.5 Å². The van der Waals surface area contributed by atoms with E-state index in [-0.39, 0.29) is 6.04 Å². The van der Waals surface area contributed by atoms with Crippen LogP contribution in [0.3, 0.4) is 0 Å². The zero-order valence-corrected chi connectivity index (χ0v) is 13.7. The Bertz CT molecular complexity index is 816. The van der Waals surface area contributed by atoms with Crippen molar-refractivity contribution < 1.29 is 8.42 Å². The van der Waals surface area contributed by atoms with Gasteiger partial charge in [0, 0.05) is 32.2 Å². The van der Waals surface area contributed by atoms with Crippen molar-refractivity contribution in [1.82, 2.24) is 14.9 Å². The predicted octanol–water partition coefficient (Wildman–Crippen LogP) is 0.939. The molecule has 1 atom stereocenters. The summed E-state index contributed by atoms with van der Waals surface area (Å²) < 4.78 is 23.3. The van der Waals surface area contributed by atoms with Crippen LogP contribution < -0.4 is 4.90 Å². The van der Waals surface area contributed by atoms with Crippen LogP contribution in [0.5, 0.6) is 0 Å². The lowest BCUT2D eigenvalue weighted by atomic mass is 10.2. The predicted molar refractivity (Wildman–Crippen MR) is 90.4 cm³/mol. The van der Waals surface area contributed by atoms with Crippen molar-refractivity contribution in [3.63, 3.8) is 0 Å². The summed E-state index contributed by atoms with van der Waals surface area (Å²) in [5.74, 6) is 1.57. The van der Waals surface area contributed by atoms with E-state index in [2.05, 4.69) is 14.8 Å². The van der Waals surface area contributed by atoms with Crippen molar-refractivity contribution in [3.8, 4) is 0 Å². The molecule has 0 unspecified atom stereocenters. The second-order valence-electron chi connectivity index (χ2n) is 6.30. The quantitative estimate of drug-likeness (QED) is 0.815. The average molecular weight is 332 g/mol. The third-order valence-electron chi connectivity index (χ3n) is 4.80. The minimum absolute atomic E-state index is 0.199. The molecule has 2 fully saturated rings. The molecule has 3 heterocycles. The van der Waals surface area contributed by atoms with E-state index in [4.69, 9.17) is 4.98 Å². The molecule has 2 aliphatic rings. The van der Waals surface area contributed by atoms with E-state index < -0.39 is 9.84 Å². The SMILES string of the molecule is O=S1(=O)CC[C@H](N2CCN(c3cnc4ccccc4n3)CC2)C1. The molecule has 23 heavy (non-hydrogen) atoms. The van der Waals surface area contributed by atoms with E-state index in [1.54, 1.807) is 0 Å². The first-order valence-corrected chi connectivity index (χ1v) is 9.84. The summed E-state index contributed by atoms with van der Waals surface area (Å²) in [5.41, 5.74) is 1.82. The maximum atomic E-state index is 11.6. The summed E-state index contributed by atoms with van der Waals surface area (Å²) in [7, 11) is -2.81. The summed E-state index contributed by atoms with van der Waals surface area (Å²) >= 11 is 0. The van der Waals surface area contributed by atoms with Crippen LogP contribution in [0.15, 0.2) is 30.5 Å². The number of nitrogens with zero attached hydrogens (tertiary/aromatic N) is 4. The normalized spacial score (nSPS) is 25.0. The largest absolute Gasteiger partial charge is 0.353 e. The molecule has 0 amide bonds. The average Bonchev–Trinajstić information content (AvgIpc) is 2.94. The minimum atomic E-state index is -2.81. The van der Waals surface area contributed by atoms with Crippen molar-refractivity contribution in [2.45, 2.75) is 12.5 Å². The van der Waals surface area contributed by atoms with E-state index in [0.29, 0.717) is 11.5 Å². The van der Waals surface area contributed by atoms with Gasteiger partial charge in [-0.05, 0) is 18.6 Å². The Morgan fingerprint density at radius 2 is 1.78 bits per heavy atom. The zero-order chi connectivity index (χ0) is 15.9. The van der Waals surface area contributed by atoms with Crippen LogP contribution in [0, 0.1) is 0 Å². The van der Waals surface area contributed by atoms with Crippen LogP contribution in [-0.4, -0.2) is 67.0 Å². The molecule has 0 aliphatic carbocycles. The topological polar surface area (TPSA) is 66.4 Å². The molecular weight excluding hydrogens is 312 g/mol. The number of piperazine rings is 1. The highest BCUT2D eigenvalue weighted by Gasteiger charge is 2.33. The van der Waals surface area contributed by atoms with E-state index in [1.165, 1.54) is 0 Å². The van der Waals surface area contributed by atoms with Gasteiger partial charge in [-0.2, -0.15) is 0 Å². The second-order valence-corrected chi connectivity index (χ2v) is 8.53. The molecule has 0 spiro atoms. The molecule has 0 saturated carbocycles. The Labute approximate surface area is 136 Å². The Hall–Kier alpha value is -1.73. The number of hydrogen-bond donors (Lipinski definition) is 0. The molecule has 1 aromatic heterocycles. The van der Waals surface area contributed by atoms with Gasteiger partial charge in [-0.3, -0.25) is 9.88 Å². The van der Waals surface area contributed by atoms with Gasteiger partial charge in [-0.1, -0.05) is 12.1 Å². The Morgan fingerprint density at radius 1 is 1.04 bits per heavy atom. The molecule has 2 aliphatic heterocycles. The maximum Gasteiger partial charge on any atom is 0.151 e. The molecule has 0 bridgehead atoms. The highest BCUT2D eigenvalue weighted by molar-refractivity contribution is 7.91. The van der Waals surface area contributed by atoms with E-state index in [9.17, 15) is 8.42 Å². The number of anilines is 1. The van der Waals surface area contributed by atoms with E-state index >= 15 is 0 Å². The summed E-state index contributed by atoms with van der Waals surface area (Å²) in [4.78, 5) is 13.7. The highest BCUT2D eigenvalue weighted by Crippen LogP contribution is 2.21. The van der Waals surface area contributed by atoms with Gasteiger partial charge in [-0.15, -0.1) is 0 Å². The second kappa shape index (κ2) is 5.72. The van der Waals surface area contributed by atoms with Crippen LogP contribution in [0.1, 0.15) is 6.42 Å². The fourth-order valence-corrected chi connectivity index (χ4v) is 5.24. The van der Waals surface area contributed by atoms with Crippen molar-refractivity contribution in [2.24, 2.45) is 0 Å². The smallest absolute Gasteiger partial charge is 0.151 e. The van der Waals surface area contributed by atoms with Gasteiger partial charge in [0.05, 0.1) is 28.7 Å². The Kier molecular flexibility index (Phi) is 3.69. The van der Waals surface area contributed by atoms with Gasteiger partial charge in [0.1, 0.15) is 5.82 Å². The molecule has 7 heteroatoms. The first-order chi connectivity index (χ1) is 11.1. The first-order valence-electron chi connectivity index (χ1n) is 8.02. The van der Waals surface area contributed by atoms with Crippen LogP contribution in [-0.2, 0) is 9.84 Å². The molecule has 0 N–H and O–H groups in total. The standard InChI is InChI=1S/C16H20N4O2S/c21-23(22)10-5-13(12-23)19-6-8-20(9-7-19)16-11-17-14-3-1-2-4-15(14)18-16/h1-4,11,13H,5-10,12H2/t13-/m0/s1. The molecule has 4 rings (SSSR count). The molecule has 1 aromatic carbocycles. The van der Waals surface area contributed by atoms with Gasteiger partial charge >= 0.3 is 0 Å². The van der Waals surface area contributed by atoms with Gasteiger partial charge in [0.2, 0.25) is 0 Å². The lowest BCUT2D eigenvalue weighted by molar-refractivity contribution is 0.200. The Balaban J connectivity index is 1.44. The number of rotatable bonds is 2. The molecule has 122 valence electrons. The lowest BCUT2D eigenvalue weighted by Crippen LogP contribution is -2.51. The van der Waals surface area contributed by atoms with Gasteiger partial charge in [-0.25, -0.2) is 13.4 Å². The van der Waals surface area contributed by atoms with Crippen molar-refractivity contribution in [3.05, 3.63) is 30.5 Å². The van der Waals surface area contributed by atoms with Gasteiger partial charge in [0.25, 0.3) is 0 Å². The summed E-state index contributed by atoms with van der Waals surface area (Å²) in [6.45, 7) is 3.50. The molecule has 0 radical (unpaired) electrons. The lowest BCUT2D eigenvalue weighted by Gasteiger charge is -2.38. The molecule has 2 aromatic rings. The molecule has 2 saturated heterocycles. The highest BCUT2D eigenvalue weighted by atomic mass is 32.2. The molecule has 6 nitrogen and oxygen atoms in total. The third kappa shape index (κ3) is 3.03. The number of sulfone groups is 1. The number of aromatic nitrogens is 2. The maximum absolute atomic E-state index is 11.6. The van der Waals surface area contributed by atoms with Crippen LogP contribution >= 0.6 is 0 Å². The number of hydrogen-bond acceptors (Lipinski definition) is 6. The fraction of sp³-hybridized carbons (Fsp3) is 0.500. The monoisotopic (exact) mass is 332 g/mol. The minimum Gasteiger partial charge on any atom is -0.353 e. The van der Waals surface area contributed by atoms with Crippen LogP contribution in [0.4, 0.5) is 5.82 Å². The van der Waals surface area contributed by atoms with Crippen molar-refractivity contribution in [1.29, 1.82) is 0 Å². The van der Waals surface area contributed by atoms with Crippen molar-refractivity contribution >= 4 is 26.7 Å². The van der Waals surface area contributed by atoms with Crippen molar-refractivity contribution in [2.75, 3.05) is 42.6 Å². The van der Waals surface area contributed by atoms with Gasteiger partial charge in [0.15, 0.2) is 9.84 Å². The first kappa shape index (κ1) is 14.8. The zero-order valence-electron chi connectivity index (χ0n) is 12.9. The fourth-order valence-electron chi connectivity index (χ4n) is 3.48. The summed E-state index contributed by atoms with van der Waals surface area (Å²) in [6, 6.07) is 8.07. The van der Waals surface area contributed by atoms with Gasteiger partial charge < -0.3 is 4.90 Å². The molecular formula is C16H20N4O2S. The number of fused-ring (bicyclic) bond motifs is 1. The summed E-state index contributed by atoms with van der Waals surface area (Å²) in [6.07, 6.45) is 2.61.